The van der Waals surface area contributed by atoms with Gasteiger partial charge in [0.15, 0.2) is 24.6 Å². The maximum atomic E-state index is 14.1. The smallest absolute Gasteiger partial charge is 0.422 e. The first-order valence-corrected chi connectivity index (χ1v) is 16.2. The molecule has 7 rings (SSSR count). The van der Waals surface area contributed by atoms with Crippen molar-refractivity contribution >= 4 is 22.7 Å². The van der Waals surface area contributed by atoms with Crippen LogP contribution >= 0.6 is 0 Å². The number of amides is 1. The maximum Gasteiger partial charge on any atom is 0.422 e. The van der Waals surface area contributed by atoms with Crippen LogP contribution in [-0.2, 0) is 24.1 Å². The number of alkyl halides is 6. The maximum absolute atomic E-state index is 14.1. The first kappa shape index (κ1) is 35.5. The van der Waals surface area contributed by atoms with Crippen molar-refractivity contribution in [3.05, 3.63) is 100 Å². The van der Waals surface area contributed by atoms with Crippen molar-refractivity contribution in [2.24, 2.45) is 0 Å². The summed E-state index contributed by atoms with van der Waals surface area (Å²) in [6.45, 7) is -1.76. The normalized spacial score (nSPS) is 17.4. The van der Waals surface area contributed by atoms with E-state index >= 15 is 0 Å². The molecule has 2 unspecified atom stereocenters. The standard InChI is InChI=1S/C34H28F6N8O5/c35-33(36,37)19-53-28-8-3-20(27(49)16-47-42-10-11-43-47)14-26(28)48-29(44-31-23(32(48)51)2-1-9-41-31)17-45-12-13-46(25-15-24(25)45)30(50)18-52-22-6-4-21(5-7-22)34(38,39)40/h1-11,14,24-25H,12-13,15-19H2. The van der Waals surface area contributed by atoms with Gasteiger partial charge in [0.25, 0.3) is 11.5 Å². The van der Waals surface area contributed by atoms with E-state index < -0.39 is 42.5 Å². The first-order valence-electron chi connectivity index (χ1n) is 16.2. The number of rotatable bonds is 11. The van der Waals surface area contributed by atoms with Crippen LogP contribution in [0.2, 0.25) is 0 Å². The molecular weight excluding hydrogens is 714 g/mol. The Kier molecular flexibility index (Phi) is 9.35. The molecule has 53 heavy (non-hydrogen) atoms. The van der Waals surface area contributed by atoms with Crippen LogP contribution in [0.1, 0.15) is 28.2 Å². The minimum Gasteiger partial charge on any atom is -0.484 e. The third-order valence-electron chi connectivity index (χ3n) is 8.81. The minimum atomic E-state index is -4.71. The topological polar surface area (TPSA) is 138 Å². The molecule has 2 atom stereocenters. The second-order valence-corrected chi connectivity index (χ2v) is 12.4. The molecule has 2 aromatic carbocycles. The average Bonchev–Trinajstić information content (AvgIpc) is 3.77. The lowest BCUT2D eigenvalue weighted by Crippen LogP contribution is -2.50. The Bertz CT molecular complexity index is 2210. The van der Waals surface area contributed by atoms with Gasteiger partial charge in [0.05, 0.1) is 35.6 Å². The van der Waals surface area contributed by atoms with Crippen LogP contribution in [-0.4, -0.2) is 95.6 Å². The van der Waals surface area contributed by atoms with Crippen molar-refractivity contribution in [1.82, 2.24) is 39.3 Å². The number of nitrogens with zero attached hydrogens (tertiary/aromatic N) is 8. The number of hydrogen-bond donors (Lipinski definition) is 0. The predicted molar refractivity (Wildman–Crippen MR) is 172 cm³/mol. The fourth-order valence-electron chi connectivity index (χ4n) is 6.23. The fraction of sp³-hybridized carbons (Fsp3) is 0.324. The highest BCUT2D eigenvalue weighted by Gasteiger charge is 2.50. The van der Waals surface area contributed by atoms with Crippen LogP contribution in [0.25, 0.3) is 16.7 Å². The molecule has 276 valence electrons. The van der Waals surface area contributed by atoms with Gasteiger partial charge in [-0.05, 0) is 61.0 Å². The summed E-state index contributed by atoms with van der Waals surface area (Å²) >= 11 is 0. The molecule has 0 radical (unpaired) electrons. The third-order valence-corrected chi connectivity index (χ3v) is 8.81. The van der Waals surface area contributed by atoms with Gasteiger partial charge in [0, 0.05) is 36.9 Å². The highest BCUT2D eigenvalue weighted by molar-refractivity contribution is 5.96. The van der Waals surface area contributed by atoms with E-state index in [9.17, 15) is 40.7 Å². The zero-order valence-corrected chi connectivity index (χ0v) is 27.4. The van der Waals surface area contributed by atoms with Crippen molar-refractivity contribution in [2.75, 3.05) is 26.3 Å². The van der Waals surface area contributed by atoms with Crippen molar-refractivity contribution in [3.63, 3.8) is 0 Å². The lowest BCUT2D eigenvalue weighted by Gasteiger charge is -2.34. The summed E-state index contributed by atoms with van der Waals surface area (Å²) in [7, 11) is 0. The molecule has 2 fully saturated rings. The van der Waals surface area contributed by atoms with Gasteiger partial charge in [0.2, 0.25) is 0 Å². The Morgan fingerprint density at radius 1 is 0.887 bits per heavy atom. The van der Waals surface area contributed by atoms with E-state index in [1.54, 1.807) is 4.90 Å². The molecule has 1 aliphatic carbocycles. The number of fused-ring (bicyclic) bond motifs is 2. The molecule has 0 bridgehead atoms. The Labute approximate surface area is 295 Å². The van der Waals surface area contributed by atoms with Crippen molar-refractivity contribution in [2.45, 2.75) is 43.9 Å². The molecule has 3 aromatic heterocycles. The monoisotopic (exact) mass is 742 g/mol. The molecule has 2 aliphatic rings. The predicted octanol–water partition coefficient (Wildman–Crippen LogP) is 4.08. The van der Waals surface area contributed by atoms with Gasteiger partial charge in [-0.3, -0.25) is 23.9 Å². The van der Waals surface area contributed by atoms with E-state index in [4.69, 9.17) is 9.47 Å². The number of hydrogen-bond acceptors (Lipinski definition) is 10. The number of aromatic nitrogens is 6. The number of benzene rings is 2. The first-order chi connectivity index (χ1) is 25.2. The summed E-state index contributed by atoms with van der Waals surface area (Å²) < 4.78 is 90.4. The van der Waals surface area contributed by atoms with Gasteiger partial charge in [-0.15, -0.1) is 0 Å². The number of pyridine rings is 1. The Morgan fingerprint density at radius 2 is 1.64 bits per heavy atom. The Hall–Kier alpha value is -5.85. The van der Waals surface area contributed by atoms with E-state index in [-0.39, 0.29) is 77.2 Å². The van der Waals surface area contributed by atoms with Gasteiger partial charge in [-0.25, -0.2) is 9.97 Å². The number of ketones is 1. The number of piperazine rings is 1. The van der Waals surface area contributed by atoms with E-state index in [1.807, 2.05) is 4.90 Å². The highest BCUT2D eigenvalue weighted by Crippen LogP contribution is 2.38. The highest BCUT2D eigenvalue weighted by atomic mass is 19.4. The van der Waals surface area contributed by atoms with Crippen LogP contribution in [0.3, 0.4) is 0 Å². The zero-order chi connectivity index (χ0) is 37.5. The summed E-state index contributed by atoms with van der Waals surface area (Å²) in [4.78, 5) is 54.0. The van der Waals surface area contributed by atoms with Crippen LogP contribution in [0, 0.1) is 0 Å². The molecule has 5 aromatic rings. The van der Waals surface area contributed by atoms with Crippen LogP contribution in [0.4, 0.5) is 26.3 Å². The molecule has 1 aliphatic heterocycles. The fourth-order valence-corrected chi connectivity index (χ4v) is 6.23. The lowest BCUT2D eigenvalue weighted by atomic mass is 10.1. The molecular formula is C34H28F6N8O5. The molecule has 1 saturated carbocycles. The van der Waals surface area contributed by atoms with Crippen molar-refractivity contribution < 1.29 is 45.4 Å². The largest absolute Gasteiger partial charge is 0.484 e. The van der Waals surface area contributed by atoms with Gasteiger partial charge in [-0.2, -0.15) is 41.3 Å². The lowest BCUT2D eigenvalue weighted by molar-refractivity contribution is -0.153. The molecule has 13 nitrogen and oxygen atoms in total. The van der Waals surface area contributed by atoms with Crippen molar-refractivity contribution in [1.29, 1.82) is 0 Å². The summed E-state index contributed by atoms with van der Waals surface area (Å²) in [6.07, 6.45) is -4.45. The van der Waals surface area contributed by atoms with Crippen LogP contribution in [0.15, 0.2) is 78.0 Å². The van der Waals surface area contributed by atoms with Crippen molar-refractivity contribution in [3.8, 4) is 17.2 Å². The van der Waals surface area contributed by atoms with Gasteiger partial charge in [0.1, 0.15) is 23.9 Å². The summed E-state index contributed by atoms with van der Waals surface area (Å²) in [5.41, 5.74) is -1.50. The molecule has 4 heterocycles. The minimum absolute atomic E-state index is 0.0150. The van der Waals surface area contributed by atoms with E-state index in [2.05, 4.69) is 20.2 Å². The van der Waals surface area contributed by atoms with Gasteiger partial charge in [-0.1, -0.05) is 0 Å². The van der Waals surface area contributed by atoms with Gasteiger partial charge < -0.3 is 14.4 Å². The second kappa shape index (κ2) is 13.9. The third kappa shape index (κ3) is 7.84. The van der Waals surface area contributed by atoms with Crippen LogP contribution < -0.4 is 15.0 Å². The average molecular weight is 743 g/mol. The van der Waals surface area contributed by atoms with E-state index in [0.717, 1.165) is 33.6 Å². The Balaban J connectivity index is 1.15. The molecule has 0 spiro atoms. The van der Waals surface area contributed by atoms with E-state index in [1.165, 1.54) is 48.9 Å². The number of carbonyl (C=O) groups excluding carboxylic acids is 2. The SMILES string of the molecule is O=C(Cn1nccn1)c1ccc(OCC(F)(F)F)c(-n2c(CN3CCN(C(=O)COc4ccc(C(F)(F)F)cc4)C4CC43)nc3ncccc3c2=O)c1. The molecule has 0 N–H and O–H groups in total. The molecule has 1 saturated heterocycles. The summed E-state index contributed by atoms with van der Waals surface area (Å²) in [5, 5.41) is 7.91. The van der Waals surface area contributed by atoms with Crippen LogP contribution in [0.5, 0.6) is 11.5 Å². The zero-order valence-electron chi connectivity index (χ0n) is 27.4. The number of halogens is 6. The molecule has 19 heteroatoms. The number of carbonyl (C=O) groups is 2. The molecule has 1 amide bonds. The van der Waals surface area contributed by atoms with E-state index in [0.29, 0.717) is 13.0 Å². The number of ether oxygens (including phenoxy) is 2. The Morgan fingerprint density at radius 3 is 2.36 bits per heavy atom. The second-order valence-electron chi connectivity index (χ2n) is 12.4. The quantitative estimate of drug-likeness (QED) is 0.144. The number of Topliss-reactive ketones (excluding diaryl/α,β-unsaturated/α-hetero) is 1. The van der Waals surface area contributed by atoms with Gasteiger partial charge >= 0.3 is 12.4 Å². The summed E-state index contributed by atoms with van der Waals surface area (Å²) in [6, 6.07) is 10.3. The summed E-state index contributed by atoms with van der Waals surface area (Å²) in [5.74, 6) is -0.961.